The molecule has 1 aromatic carbocycles. The van der Waals surface area contributed by atoms with Crippen molar-refractivity contribution in [2.45, 2.75) is 25.7 Å². The molecule has 0 amide bonds. The number of phenolic OH excluding ortho intramolecular Hbond substituents is 1. The first-order valence-corrected chi connectivity index (χ1v) is 8.75. The summed E-state index contributed by atoms with van der Waals surface area (Å²) in [4.78, 5) is 22.2. The molecule has 3 heterocycles. The lowest BCUT2D eigenvalue weighted by atomic mass is 9.97. The molecule has 0 atom stereocenters. The van der Waals surface area contributed by atoms with Gasteiger partial charge in [-0.1, -0.05) is 0 Å². The van der Waals surface area contributed by atoms with Crippen LogP contribution in [0.15, 0.2) is 29.1 Å². The summed E-state index contributed by atoms with van der Waals surface area (Å²) in [6.45, 7) is 0. The predicted octanol–water partition coefficient (Wildman–Crippen LogP) is 2.88. The van der Waals surface area contributed by atoms with Crippen LogP contribution in [0.5, 0.6) is 5.75 Å². The molecule has 24 heavy (non-hydrogen) atoms. The molecule has 0 radical (unpaired) electrons. The summed E-state index contributed by atoms with van der Waals surface area (Å²) in [6, 6.07) is 6.68. The van der Waals surface area contributed by atoms with Crippen LogP contribution < -0.4 is 5.69 Å². The third kappa shape index (κ3) is 1.91. The van der Waals surface area contributed by atoms with E-state index >= 15 is 0 Å². The highest BCUT2D eigenvalue weighted by Crippen LogP contribution is 2.36. The third-order valence-electron chi connectivity index (χ3n) is 4.54. The van der Waals surface area contributed by atoms with Gasteiger partial charge >= 0.3 is 5.69 Å². The van der Waals surface area contributed by atoms with Crippen molar-refractivity contribution < 1.29 is 5.11 Å². The molecule has 0 fully saturated rings. The van der Waals surface area contributed by atoms with Crippen LogP contribution in [-0.4, -0.2) is 24.7 Å². The van der Waals surface area contributed by atoms with E-state index in [2.05, 4.69) is 15.1 Å². The van der Waals surface area contributed by atoms with Crippen molar-refractivity contribution >= 4 is 27.2 Å². The number of thiophene rings is 1. The van der Waals surface area contributed by atoms with Crippen LogP contribution in [-0.2, 0) is 12.8 Å². The van der Waals surface area contributed by atoms with E-state index < -0.39 is 0 Å². The van der Waals surface area contributed by atoms with Crippen LogP contribution in [0.3, 0.4) is 0 Å². The van der Waals surface area contributed by atoms with Gasteiger partial charge in [0, 0.05) is 10.4 Å². The summed E-state index contributed by atoms with van der Waals surface area (Å²) in [6.07, 6.45) is 4.47. The second-order valence-corrected chi connectivity index (χ2v) is 7.17. The Bertz CT molecular complexity index is 1140. The molecule has 1 aliphatic carbocycles. The summed E-state index contributed by atoms with van der Waals surface area (Å²) >= 11 is 1.67. The van der Waals surface area contributed by atoms with Crippen LogP contribution in [0.25, 0.3) is 27.3 Å². The van der Waals surface area contributed by atoms with E-state index in [9.17, 15) is 9.90 Å². The Morgan fingerprint density at radius 2 is 1.96 bits per heavy atom. The molecule has 0 unspecified atom stereocenters. The topological polar surface area (TPSA) is 83.3 Å². The Balaban J connectivity index is 1.83. The molecule has 0 spiro atoms. The number of rotatable bonds is 1. The molecular weight excluding hydrogens is 324 g/mol. The summed E-state index contributed by atoms with van der Waals surface area (Å²) < 4.78 is 1.35. The van der Waals surface area contributed by atoms with Crippen molar-refractivity contribution in [1.82, 2.24) is 19.6 Å². The highest BCUT2D eigenvalue weighted by Gasteiger charge is 2.21. The molecule has 7 heteroatoms. The molecule has 6 nitrogen and oxygen atoms in total. The minimum absolute atomic E-state index is 0.189. The Morgan fingerprint density at radius 1 is 1.17 bits per heavy atom. The number of fused-ring (bicyclic) bond motifs is 5. The van der Waals surface area contributed by atoms with Crippen LogP contribution >= 0.6 is 11.3 Å². The van der Waals surface area contributed by atoms with E-state index in [-0.39, 0.29) is 11.4 Å². The lowest BCUT2D eigenvalue weighted by molar-refractivity contribution is 0.475. The van der Waals surface area contributed by atoms with E-state index in [0.29, 0.717) is 11.5 Å². The number of hydrogen-bond acceptors (Lipinski definition) is 5. The fourth-order valence-corrected chi connectivity index (χ4v) is 4.66. The maximum absolute atomic E-state index is 12.4. The highest BCUT2D eigenvalue weighted by atomic mass is 32.1. The number of nitrogens with one attached hydrogen (secondary N) is 1. The molecule has 0 bridgehead atoms. The molecule has 0 saturated heterocycles. The number of phenols is 1. The van der Waals surface area contributed by atoms with Crippen LogP contribution in [0.2, 0.25) is 0 Å². The molecule has 1 aliphatic rings. The van der Waals surface area contributed by atoms with Crippen molar-refractivity contribution in [3.8, 4) is 17.1 Å². The van der Waals surface area contributed by atoms with Gasteiger partial charge in [-0.25, -0.2) is 9.78 Å². The fraction of sp³-hybridized carbons (Fsp3) is 0.235. The zero-order valence-electron chi connectivity index (χ0n) is 12.7. The Labute approximate surface area is 140 Å². The monoisotopic (exact) mass is 338 g/mol. The number of nitrogens with zero attached hydrogens (tertiary/aromatic N) is 3. The van der Waals surface area contributed by atoms with Crippen LogP contribution in [0.1, 0.15) is 23.3 Å². The first kappa shape index (κ1) is 13.7. The molecule has 4 aromatic rings. The second-order valence-electron chi connectivity index (χ2n) is 6.06. The quantitative estimate of drug-likeness (QED) is 0.559. The molecule has 0 saturated carbocycles. The van der Waals surface area contributed by atoms with Crippen molar-refractivity contribution in [3.05, 3.63) is 45.2 Å². The molecule has 2 N–H and O–H groups in total. The van der Waals surface area contributed by atoms with Crippen molar-refractivity contribution in [2.75, 3.05) is 0 Å². The Morgan fingerprint density at radius 3 is 2.79 bits per heavy atom. The van der Waals surface area contributed by atoms with Crippen molar-refractivity contribution in [3.63, 3.8) is 0 Å². The zero-order valence-corrected chi connectivity index (χ0v) is 13.6. The number of hydrogen-bond donors (Lipinski definition) is 2. The van der Waals surface area contributed by atoms with E-state index in [1.54, 1.807) is 35.6 Å². The lowest BCUT2D eigenvalue weighted by Crippen LogP contribution is -2.17. The number of H-pyrrole nitrogens is 1. The number of aromatic amines is 1. The van der Waals surface area contributed by atoms with Crippen LogP contribution in [0.4, 0.5) is 0 Å². The molecule has 3 aromatic heterocycles. The fourth-order valence-electron chi connectivity index (χ4n) is 3.39. The largest absolute Gasteiger partial charge is 0.508 e. The van der Waals surface area contributed by atoms with Gasteiger partial charge in [-0.05, 0) is 55.5 Å². The van der Waals surface area contributed by atoms with Gasteiger partial charge in [0.05, 0.1) is 5.39 Å². The molecular formula is C17H14N4O2S. The van der Waals surface area contributed by atoms with Gasteiger partial charge in [0.2, 0.25) is 0 Å². The van der Waals surface area contributed by atoms with E-state index in [0.717, 1.165) is 28.6 Å². The predicted molar refractivity (Wildman–Crippen MR) is 92.7 cm³/mol. The highest BCUT2D eigenvalue weighted by molar-refractivity contribution is 7.19. The standard InChI is InChI=1S/C17H14N4O2S/c22-10-7-5-9(6-8-10)14-18-15-13-11-3-1-2-4-12(11)24-16(13)19-17(23)21(15)20-14/h5-8,22H,1-4H2,(H,19,23). The number of aromatic nitrogens is 4. The molecule has 120 valence electrons. The van der Waals surface area contributed by atoms with Gasteiger partial charge in [0.15, 0.2) is 11.5 Å². The molecule has 0 aliphatic heterocycles. The van der Waals surface area contributed by atoms with Gasteiger partial charge in [-0.15, -0.1) is 16.4 Å². The van der Waals surface area contributed by atoms with E-state index in [4.69, 9.17) is 0 Å². The lowest BCUT2D eigenvalue weighted by Gasteiger charge is -2.09. The van der Waals surface area contributed by atoms with E-state index in [1.807, 2.05) is 0 Å². The average Bonchev–Trinajstić information content (AvgIpc) is 3.16. The van der Waals surface area contributed by atoms with Crippen molar-refractivity contribution in [2.24, 2.45) is 0 Å². The van der Waals surface area contributed by atoms with Crippen LogP contribution in [0, 0.1) is 0 Å². The number of benzene rings is 1. The second kappa shape index (κ2) is 4.91. The number of aryl methyl sites for hydroxylation is 2. The minimum Gasteiger partial charge on any atom is -0.508 e. The van der Waals surface area contributed by atoms with Gasteiger partial charge in [-0.2, -0.15) is 4.52 Å². The smallest absolute Gasteiger partial charge is 0.349 e. The Kier molecular flexibility index (Phi) is 2.81. The van der Waals surface area contributed by atoms with Crippen molar-refractivity contribution in [1.29, 1.82) is 0 Å². The van der Waals surface area contributed by atoms with Gasteiger partial charge < -0.3 is 5.11 Å². The first-order valence-electron chi connectivity index (χ1n) is 7.93. The normalized spacial score (nSPS) is 14.3. The summed E-state index contributed by atoms with van der Waals surface area (Å²) in [7, 11) is 0. The SMILES string of the molecule is O=c1[nH]c2sc3c(c2c2nc(-c4ccc(O)cc4)nn12)CCCC3. The third-order valence-corrected chi connectivity index (χ3v) is 5.75. The maximum atomic E-state index is 12.4. The number of aromatic hydroxyl groups is 1. The Hall–Kier alpha value is -2.67. The van der Waals surface area contributed by atoms with Gasteiger partial charge in [-0.3, -0.25) is 4.98 Å². The summed E-state index contributed by atoms with van der Waals surface area (Å²) in [5, 5.41) is 14.8. The average molecular weight is 338 g/mol. The zero-order chi connectivity index (χ0) is 16.3. The first-order chi connectivity index (χ1) is 11.7. The minimum atomic E-state index is -0.270. The van der Waals surface area contributed by atoms with Gasteiger partial charge in [0.25, 0.3) is 0 Å². The van der Waals surface area contributed by atoms with E-state index in [1.165, 1.54) is 27.8 Å². The van der Waals surface area contributed by atoms with Gasteiger partial charge in [0.1, 0.15) is 10.6 Å². The maximum Gasteiger partial charge on any atom is 0.349 e. The summed E-state index contributed by atoms with van der Waals surface area (Å²) in [5.41, 5.74) is 2.44. The summed E-state index contributed by atoms with van der Waals surface area (Å²) in [5.74, 6) is 0.679. The molecule has 5 rings (SSSR count).